The summed E-state index contributed by atoms with van der Waals surface area (Å²) in [5, 5.41) is 13.2. The number of piperazine rings is 1. The lowest BCUT2D eigenvalue weighted by atomic mass is 9.99. The van der Waals surface area contributed by atoms with E-state index in [1.54, 1.807) is 0 Å². The Labute approximate surface area is 123 Å². The Hall–Kier alpha value is -0.900. The summed E-state index contributed by atoms with van der Waals surface area (Å²) >= 11 is 0. The Bertz CT molecular complexity index is 419. The van der Waals surface area contributed by atoms with E-state index in [0.717, 1.165) is 19.6 Å². The van der Waals surface area contributed by atoms with Crippen LogP contribution in [0.3, 0.4) is 0 Å². The Morgan fingerprint density at radius 1 is 1.40 bits per heavy atom. The molecule has 1 aliphatic heterocycles. The Morgan fingerprint density at radius 3 is 2.85 bits per heavy atom. The van der Waals surface area contributed by atoms with Crippen LogP contribution in [-0.2, 0) is 6.54 Å². The summed E-state index contributed by atoms with van der Waals surface area (Å²) in [6.45, 7) is 9.75. The molecule has 1 aromatic carbocycles. The first-order valence-electron chi connectivity index (χ1n) is 7.72. The van der Waals surface area contributed by atoms with E-state index in [-0.39, 0.29) is 12.6 Å². The molecule has 2 unspecified atom stereocenters. The first-order chi connectivity index (χ1) is 9.58. The molecule has 1 saturated heterocycles. The highest BCUT2D eigenvalue weighted by atomic mass is 16.3. The van der Waals surface area contributed by atoms with Gasteiger partial charge in [0.1, 0.15) is 0 Å². The van der Waals surface area contributed by atoms with Crippen molar-refractivity contribution in [3.63, 3.8) is 0 Å². The molecule has 20 heavy (non-hydrogen) atoms. The van der Waals surface area contributed by atoms with E-state index in [1.807, 2.05) is 0 Å². The second-order valence-electron chi connectivity index (χ2n) is 6.49. The number of nitrogens with zero attached hydrogens (tertiary/aromatic N) is 1. The predicted octanol–water partition coefficient (Wildman–Crippen LogP) is 2.18. The van der Waals surface area contributed by atoms with E-state index in [2.05, 4.69) is 55.3 Å². The smallest absolute Gasteiger partial charge is 0.0599 e. The molecule has 1 fully saturated rings. The van der Waals surface area contributed by atoms with Crippen LogP contribution in [0.2, 0.25) is 0 Å². The lowest BCUT2D eigenvalue weighted by Gasteiger charge is -2.40. The van der Waals surface area contributed by atoms with Crippen molar-refractivity contribution < 1.29 is 5.11 Å². The van der Waals surface area contributed by atoms with E-state index in [1.165, 1.54) is 17.5 Å². The molecule has 1 aromatic rings. The first kappa shape index (κ1) is 15.5. The average molecular weight is 276 g/mol. The molecule has 3 heteroatoms. The van der Waals surface area contributed by atoms with E-state index in [9.17, 15) is 5.11 Å². The molecule has 1 aliphatic rings. The van der Waals surface area contributed by atoms with Crippen molar-refractivity contribution in [1.29, 1.82) is 0 Å². The van der Waals surface area contributed by atoms with Crippen LogP contribution in [0.4, 0.5) is 0 Å². The van der Waals surface area contributed by atoms with E-state index in [4.69, 9.17) is 0 Å². The van der Waals surface area contributed by atoms with Crippen molar-refractivity contribution in [1.82, 2.24) is 10.2 Å². The van der Waals surface area contributed by atoms with Gasteiger partial charge >= 0.3 is 0 Å². The van der Waals surface area contributed by atoms with Gasteiger partial charge in [-0.1, -0.05) is 43.7 Å². The van der Waals surface area contributed by atoms with Gasteiger partial charge in [0.05, 0.1) is 6.61 Å². The van der Waals surface area contributed by atoms with Crippen LogP contribution in [0, 0.1) is 12.8 Å². The molecule has 0 aromatic heterocycles. The largest absolute Gasteiger partial charge is 0.395 e. The Kier molecular flexibility index (Phi) is 5.58. The second-order valence-corrected chi connectivity index (χ2v) is 6.49. The zero-order valence-corrected chi connectivity index (χ0v) is 13.0. The van der Waals surface area contributed by atoms with Crippen LogP contribution < -0.4 is 5.32 Å². The predicted molar refractivity (Wildman–Crippen MR) is 83.7 cm³/mol. The topological polar surface area (TPSA) is 35.5 Å². The highest BCUT2D eigenvalue weighted by Gasteiger charge is 2.27. The summed E-state index contributed by atoms with van der Waals surface area (Å²) in [4.78, 5) is 2.43. The van der Waals surface area contributed by atoms with Crippen molar-refractivity contribution >= 4 is 0 Å². The summed E-state index contributed by atoms with van der Waals surface area (Å²) in [5.41, 5.74) is 2.64. The van der Waals surface area contributed by atoms with Gasteiger partial charge in [0.2, 0.25) is 0 Å². The number of aliphatic hydroxyl groups excluding tert-OH is 1. The zero-order valence-electron chi connectivity index (χ0n) is 13.0. The van der Waals surface area contributed by atoms with Crippen LogP contribution >= 0.6 is 0 Å². The molecule has 0 spiro atoms. The fourth-order valence-electron chi connectivity index (χ4n) is 3.07. The molecule has 0 saturated carbocycles. The molecule has 1 heterocycles. The fraction of sp³-hybridized carbons (Fsp3) is 0.647. The number of hydrogen-bond donors (Lipinski definition) is 2. The summed E-state index contributed by atoms with van der Waals surface area (Å²) < 4.78 is 0. The number of aryl methyl sites for hydroxylation is 1. The molecule has 2 rings (SSSR count). The summed E-state index contributed by atoms with van der Waals surface area (Å²) in [7, 11) is 0. The van der Waals surface area contributed by atoms with Crippen LogP contribution in [0.25, 0.3) is 0 Å². The maximum Gasteiger partial charge on any atom is 0.0599 e. The minimum Gasteiger partial charge on any atom is -0.395 e. The van der Waals surface area contributed by atoms with Gasteiger partial charge in [-0.05, 0) is 24.8 Å². The van der Waals surface area contributed by atoms with Crippen molar-refractivity contribution in [3.8, 4) is 0 Å². The van der Waals surface area contributed by atoms with Crippen LogP contribution in [0.1, 0.15) is 31.4 Å². The molecular formula is C17H28N2O. The highest BCUT2D eigenvalue weighted by molar-refractivity contribution is 5.22. The van der Waals surface area contributed by atoms with Gasteiger partial charge in [0, 0.05) is 31.7 Å². The van der Waals surface area contributed by atoms with Gasteiger partial charge in [-0.15, -0.1) is 0 Å². The van der Waals surface area contributed by atoms with Crippen LogP contribution in [0.15, 0.2) is 24.3 Å². The Morgan fingerprint density at radius 2 is 2.20 bits per heavy atom. The molecule has 112 valence electrons. The number of hydrogen-bond acceptors (Lipinski definition) is 3. The normalized spacial score (nSPS) is 24.2. The molecule has 3 nitrogen and oxygen atoms in total. The zero-order chi connectivity index (χ0) is 14.5. The van der Waals surface area contributed by atoms with E-state index >= 15 is 0 Å². The van der Waals surface area contributed by atoms with E-state index in [0.29, 0.717) is 12.0 Å². The van der Waals surface area contributed by atoms with Crippen molar-refractivity contribution in [3.05, 3.63) is 35.4 Å². The number of nitrogens with one attached hydrogen (secondary N) is 1. The van der Waals surface area contributed by atoms with E-state index < -0.39 is 0 Å². The number of aliphatic hydroxyl groups is 1. The molecule has 0 bridgehead atoms. The van der Waals surface area contributed by atoms with Gasteiger partial charge in [-0.3, -0.25) is 4.90 Å². The minimum absolute atomic E-state index is 0.229. The van der Waals surface area contributed by atoms with Gasteiger partial charge in [0.25, 0.3) is 0 Å². The standard InChI is InChI=1S/C17H28N2O/c1-13(2)7-16-11-19(17(12-20)9-18-16)10-15-6-4-5-14(3)8-15/h4-6,8,13,16-18,20H,7,9-12H2,1-3H3. The SMILES string of the molecule is Cc1cccc(CN2CC(CC(C)C)NCC2CO)c1. The van der Waals surface area contributed by atoms with Crippen molar-refractivity contribution in [2.24, 2.45) is 5.92 Å². The van der Waals surface area contributed by atoms with Gasteiger partial charge in [-0.25, -0.2) is 0 Å². The molecule has 0 amide bonds. The van der Waals surface area contributed by atoms with Crippen LogP contribution in [-0.4, -0.2) is 41.8 Å². The van der Waals surface area contributed by atoms with Crippen molar-refractivity contribution in [2.75, 3.05) is 19.7 Å². The monoisotopic (exact) mass is 276 g/mol. The molecule has 2 atom stereocenters. The van der Waals surface area contributed by atoms with Crippen LogP contribution in [0.5, 0.6) is 0 Å². The maximum atomic E-state index is 9.58. The average Bonchev–Trinajstić information content (AvgIpc) is 2.38. The third-order valence-corrected chi connectivity index (χ3v) is 4.05. The quantitative estimate of drug-likeness (QED) is 0.865. The van der Waals surface area contributed by atoms with Gasteiger partial charge in [-0.2, -0.15) is 0 Å². The molecular weight excluding hydrogens is 248 g/mol. The maximum absolute atomic E-state index is 9.58. The summed E-state index contributed by atoms with van der Waals surface area (Å²) in [5.74, 6) is 0.707. The highest BCUT2D eigenvalue weighted by Crippen LogP contribution is 2.16. The lowest BCUT2D eigenvalue weighted by molar-refractivity contribution is 0.0700. The third kappa shape index (κ3) is 4.30. The first-order valence-corrected chi connectivity index (χ1v) is 7.72. The Balaban J connectivity index is 2.01. The molecule has 2 N–H and O–H groups in total. The number of benzene rings is 1. The summed E-state index contributed by atoms with van der Waals surface area (Å²) in [6.07, 6.45) is 1.20. The summed E-state index contributed by atoms with van der Waals surface area (Å²) in [6, 6.07) is 9.45. The minimum atomic E-state index is 0.229. The van der Waals surface area contributed by atoms with Crippen molar-refractivity contribution in [2.45, 2.75) is 45.8 Å². The molecule has 0 radical (unpaired) electrons. The van der Waals surface area contributed by atoms with Gasteiger partial charge in [0.15, 0.2) is 0 Å². The third-order valence-electron chi connectivity index (χ3n) is 4.05. The number of rotatable bonds is 5. The lowest BCUT2D eigenvalue weighted by Crippen LogP contribution is -2.57. The molecule has 0 aliphatic carbocycles. The van der Waals surface area contributed by atoms with Gasteiger partial charge < -0.3 is 10.4 Å². The fourth-order valence-corrected chi connectivity index (χ4v) is 3.07. The second kappa shape index (κ2) is 7.21.